The molecule has 0 atom stereocenters. The Labute approximate surface area is 172 Å². The summed E-state index contributed by atoms with van der Waals surface area (Å²) in [5, 5.41) is 9.40. The van der Waals surface area contributed by atoms with Crippen molar-refractivity contribution in [2.24, 2.45) is 0 Å². The molecule has 3 aromatic rings. The molecule has 0 saturated heterocycles. The van der Waals surface area contributed by atoms with Gasteiger partial charge in [-0.3, -0.25) is 14.5 Å². The number of hydrogen-bond donors (Lipinski definition) is 2. The predicted octanol–water partition coefficient (Wildman–Crippen LogP) is 4.28. The highest BCUT2D eigenvalue weighted by molar-refractivity contribution is 7.92. The van der Waals surface area contributed by atoms with Gasteiger partial charge in [0, 0.05) is 28.5 Å². The van der Waals surface area contributed by atoms with Crippen molar-refractivity contribution in [2.75, 3.05) is 4.72 Å². The van der Waals surface area contributed by atoms with Crippen LogP contribution in [0.5, 0.6) is 0 Å². The van der Waals surface area contributed by atoms with Gasteiger partial charge in [-0.05, 0) is 36.2 Å². The van der Waals surface area contributed by atoms with E-state index in [4.69, 9.17) is 16.7 Å². The summed E-state index contributed by atoms with van der Waals surface area (Å²) in [7, 11) is -4.18. The van der Waals surface area contributed by atoms with Gasteiger partial charge in [-0.1, -0.05) is 35.9 Å². The third kappa shape index (κ3) is 4.72. The normalized spacial score (nSPS) is 11.3. The number of aromatic nitrogens is 1. The van der Waals surface area contributed by atoms with Crippen LogP contribution in [0.1, 0.15) is 11.1 Å². The topological polar surface area (TPSA) is 96.4 Å². The van der Waals surface area contributed by atoms with Gasteiger partial charge >= 0.3 is 5.97 Å². The molecule has 1 aromatic heterocycles. The lowest BCUT2D eigenvalue weighted by Gasteiger charge is -2.16. The van der Waals surface area contributed by atoms with Gasteiger partial charge in [0.05, 0.1) is 12.1 Å². The maximum atomic E-state index is 15.2. The van der Waals surface area contributed by atoms with Crippen LogP contribution < -0.4 is 4.72 Å². The zero-order valence-corrected chi connectivity index (χ0v) is 16.8. The van der Waals surface area contributed by atoms with Crippen LogP contribution in [0.2, 0.25) is 5.02 Å². The maximum absolute atomic E-state index is 15.2. The number of carboxylic acids is 1. The standard InChI is InChI=1S/C20H16ClFN2O4S/c1-12-7-16(11-23-10-12)29(27,28)24-20-17(13-3-2-4-15(21)8-13)6-5-14(19(20)22)9-18(25)26/h2-8,10-11,24H,9H2,1H3,(H,25,26). The summed E-state index contributed by atoms with van der Waals surface area (Å²) in [6, 6.07) is 10.6. The maximum Gasteiger partial charge on any atom is 0.307 e. The Bertz CT molecular complexity index is 1200. The van der Waals surface area contributed by atoms with E-state index in [9.17, 15) is 13.2 Å². The van der Waals surface area contributed by atoms with Gasteiger partial charge in [-0.25, -0.2) is 12.8 Å². The molecule has 0 aliphatic rings. The van der Waals surface area contributed by atoms with Crippen LogP contribution in [0.15, 0.2) is 59.8 Å². The van der Waals surface area contributed by atoms with E-state index in [1.807, 2.05) is 0 Å². The van der Waals surface area contributed by atoms with Crippen LogP contribution in [0.3, 0.4) is 0 Å². The minimum atomic E-state index is -4.18. The lowest BCUT2D eigenvalue weighted by molar-refractivity contribution is -0.136. The SMILES string of the molecule is Cc1cncc(S(=O)(=O)Nc2c(-c3cccc(Cl)c3)ccc(CC(=O)O)c2F)c1. The molecule has 0 unspecified atom stereocenters. The highest BCUT2D eigenvalue weighted by Gasteiger charge is 2.23. The zero-order valence-electron chi connectivity index (χ0n) is 15.2. The van der Waals surface area contributed by atoms with E-state index < -0.39 is 28.2 Å². The first kappa shape index (κ1) is 20.8. The lowest BCUT2D eigenvalue weighted by atomic mass is 10.00. The van der Waals surface area contributed by atoms with E-state index in [2.05, 4.69) is 9.71 Å². The van der Waals surface area contributed by atoms with E-state index in [1.165, 1.54) is 24.4 Å². The Balaban J connectivity index is 2.17. The summed E-state index contributed by atoms with van der Waals surface area (Å²) < 4.78 is 43.1. The van der Waals surface area contributed by atoms with Crippen molar-refractivity contribution in [2.45, 2.75) is 18.2 Å². The number of halogens is 2. The second-order valence-corrected chi connectivity index (χ2v) is 8.46. The zero-order chi connectivity index (χ0) is 21.2. The summed E-state index contributed by atoms with van der Waals surface area (Å²) in [4.78, 5) is 14.8. The molecule has 0 fully saturated rings. The number of carboxylic acid groups (broad SMARTS) is 1. The van der Waals surface area contributed by atoms with Crippen LogP contribution in [-0.2, 0) is 21.2 Å². The number of hydrogen-bond acceptors (Lipinski definition) is 4. The van der Waals surface area contributed by atoms with E-state index in [0.29, 0.717) is 16.1 Å². The number of sulfonamides is 1. The Morgan fingerprint density at radius 3 is 2.62 bits per heavy atom. The molecule has 3 rings (SSSR count). The first-order valence-electron chi connectivity index (χ1n) is 8.41. The van der Waals surface area contributed by atoms with Gasteiger partial charge < -0.3 is 5.11 Å². The van der Waals surface area contributed by atoms with Crippen molar-refractivity contribution in [3.05, 3.63) is 76.8 Å². The van der Waals surface area contributed by atoms with E-state index >= 15 is 4.39 Å². The molecule has 9 heteroatoms. The van der Waals surface area contributed by atoms with Gasteiger partial charge in [0.15, 0.2) is 5.82 Å². The monoisotopic (exact) mass is 434 g/mol. The summed E-state index contributed by atoms with van der Waals surface area (Å²) in [6.45, 7) is 1.68. The van der Waals surface area contributed by atoms with Gasteiger partial charge in [0.2, 0.25) is 0 Å². The average molecular weight is 435 g/mol. The Morgan fingerprint density at radius 2 is 1.97 bits per heavy atom. The fourth-order valence-electron chi connectivity index (χ4n) is 2.78. The van der Waals surface area contributed by atoms with Crippen molar-refractivity contribution >= 4 is 33.3 Å². The number of rotatable bonds is 6. The lowest BCUT2D eigenvalue weighted by Crippen LogP contribution is -2.16. The summed E-state index contributed by atoms with van der Waals surface area (Å²) >= 11 is 6.02. The van der Waals surface area contributed by atoms with Crippen LogP contribution in [0, 0.1) is 12.7 Å². The number of aliphatic carboxylic acids is 1. The smallest absolute Gasteiger partial charge is 0.307 e. The van der Waals surface area contributed by atoms with Gasteiger partial charge in [0.25, 0.3) is 10.0 Å². The van der Waals surface area contributed by atoms with Crippen molar-refractivity contribution in [3.8, 4) is 11.1 Å². The summed E-state index contributed by atoms with van der Waals surface area (Å²) in [6.07, 6.45) is 2.04. The number of pyridine rings is 1. The number of nitrogens with one attached hydrogen (secondary N) is 1. The highest BCUT2D eigenvalue weighted by atomic mass is 35.5. The third-order valence-corrected chi connectivity index (χ3v) is 5.65. The second-order valence-electron chi connectivity index (χ2n) is 6.35. The summed E-state index contributed by atoms with van der Waals surface area (Å²) in [5.41, 5.74) is 0.806. The molecule has 0 radical (unpaired) electrons. The molecular formula is C20H16ClFN2O4S. The Hall–Kier alpha value is -2.97. The number of nitrogens with zero attached hydrogens (tertiary/aromatic N) is 1. The van der Waals surface area contributed by atoms with E-state index in [0.717, 1.165) is 6.20 Å². The van der Waals surface area contributed by atoms with Gasteiger partial charge in [-0.2, -0.15) is 0 Å². The van der Waals surface area contributed by atoms with E-state index in [-0.39, 0.29) is 21.7 Å². The Morgan fingerprint density at radius 1 is 1.21 bits per heavy atom. The second kappa shape index (κ2) is 8.18. The largest absolute Gasteiger partial charge is 0.481 e. The number of benzene rings is 2. The first-order chi connectivity index (χ1) is 13.7. The average Bonchev–Trinajstić information content (AvgIpc) is 2.64. The first-order valence-corrected chi connectivity index (χ1v) is 10.3. The van der Waals surface area contributed by atoms with Crippen LogP contribution in [0.25, 0.3) is 11.1 Å². The van der Waals surface area contributed by atoms with Crippen molar-refractivity contribution in [3.63, 3.8) is 0 Å². The molecular weight excluding hydrogens is 419 g/mol. The van der Waals surface area contributed by atoms with Crippen LogP contribution in [-0.4, -0.2) is 24.5 Å². The molecule has 0 saturated carbocycles. The fraction of sp³-hybridized carbons (Fsp3) is 0.100. The molecule has 2 aromatic carbocycles. The minimum absolute atomic E-state index is 0.141. The van der Waals surface area contributed by atoms with Gasteiger partial charge in [0.1, 0.15) is 4.90 Å². The Kier molecular flexibility index (Phi) is 5.86. The number of anilines is 1. The minimum Gasteiger partial charge on any atom is -0.481 e. The third-order valence-electron chi connectivity index (χ3n) is 4.10. The summed E-state index contributed by atoms with van der Waals surface area (Å²) in [5.74, 6) is -2.20. The van der Waals surface area contributed by atoms with Crippen molar-refractivity contribution in [1.29, 1.82) is 0 Å². The molecule has 6 nitrogen and oxygen atoms in total. The quantitative estimate of drug-likeness (QED) is 0.603. The van der Waals surface area contributed by atoms with Crippen LogP contribution >= 0.6 is 11.6 Å². The molecule has 0 aliphatic carbocycles. The molecule has 0 amide bonds. The predicted molar refractivity (Wildman–Crippen MR) is 108 cm³/mol. The fourth-order valence-corrected chi connectivity index (χ4v) is 4.10. The molecule has 1 heterocycles. The molecule has 150 valence electrons. The molecule has 0 bridgehead atoms. The number of carbonyl (C=O) groups is 1. The van der Waals surface area contributed by atoms with Gasteiger partial charge in [-0.15, -0.1) is 0 Å². The molecule has 0 aliphatic heterocycles. The van der Waals surface area contributed by atoms with Crippen molar-refractivity contribution in [1.82, 2.24) is 4.98 Å². The van der Waals surface area contributed by atoms with Crippen molar-refractivity contribution < 1.29 is 22.7 Å². The number of aryl methyl sites for hydroxylation is 1. The molecule has 2 N–H and O–H groups in total. The van der Waals surface area contributed by atoms with Crippen LogP contribution in [0.4, 0.5) is 10.1 Å². The molecule has 0 spiro atoms. The molecule has 29 heavy (non-hydrogen) atoms. The van der Waals surface area contributed by atoms with E-state index in [1.54, 1.807) is 31.2 Å². The highest BCUT2D eigenvalue weighted by Crippen LogP contribution is 2.35.